The number of rotatable bonds is 5. The number of sulfonamides is 1. The van der Waals surface area contributed by atoms with Gasteiger partial charge < -0.3 is 10.3 Å². The largest absolute Gasteiger partial charge is 0.354 e. The van der Waals surface area contributed by atoms with Crippen molar-refractivity contribution >= 4 is 33.1 Å². The second-order valence-corrected chi connectivity index (χ2v) is 9.15. The Bertz CT molecular complexity index is 941. The summed E-state index contributed by atoms with van der Waals surface area (Å²) in [6.07, 6.45) is 2.08. The third-order valence-corrected chi connectivity index (χ3v) is 7.25. The summed E-state index contributed by atoms with van der Waals surface area (Å²) in [4.78, 5) is 28.3. The number of H-pyrrole nitrogens is 1. The highest BCUT2D eigenvalue weighted by atomic mass is 32.2. The van der Waals surface area contributed by atoms with Crippen LogP contribution in [0.4, 0.5) is 0 Å². The molecule has 0 saturated heterocycles. The molecule has 0 radical (unpaired) electrons. The Morgan fingerprint density at radius 2 is 2.08 bits per heavy atom. The molecule has 0 atom stereocenters. The number of aryl methyl sites for hydroxylation is 1. The van der Waals surface area contributed by atoms with E-state index >= 15 is 0 Å². The van der Waals surface area contributed by atoms with Crippen LogP contribution in [0.2, 0.25) is 0 Å². The SMILES string of the molecule is CNS(=O)(=O)c1ccc(CNC(=O)c2[nH]c3c(c2C)C(=O)CCC3)s1. The summed E-state index contributed by atoms with van der Waals surface area (Å²) in [7, 11) is -2.12. The fourth-order valence-corrected chi connectivity index (χ4v) is 5.09. The number of hydrogen-bond acceptors (Lipinski definition) is 5. The van der Waals surface area contributed by atoms with Gasteiger partial charge in [-0.25, -0.2) is 13.1 Å². The minimum Gasteiger partial charge on any atom is -0.354 e. The number of nitrogens with one attached hydrogen (secondary N) is 3. The lowest BCUT2D eigenvalue weighted by atomic mass is 9.94. The van der Waals surface area contributed by atoms with Crippen LogP contribution < -0.4 is 10.0 Å². The zero-order valence-electron chi connectivity index (χ0n) is 13.9. The normalized spacial score (nSPS) is 14.4. The molecule has 9 heteroatoms. The van der Waals surface area contributed by atoms with Crippen LogP contribution in [-0.4, -0.2) is 32.1 Å². The molecule has 2 aromatic rings. The van der Waals surface area contributed by atoms with Crippen molar-refractivity contribution in [1.29, 1.82) is 0 Å². The zero-order chi connectivity index (χ0) is 18.2. The van der Waals surface area contributed by atoms with Gasteiger partial charge in [-0.1, -0.05) is 0 Å². The summed E-state index contributed by atoms with van der Waals surface area (Å²) in [6.45, 7) is 2.00. The number of aromatic amines is 1. The number of aromatic nitrogens is 1. The minimum atomic E-state index is -3.47. The summed E-state index contributed by atoms with van der Waals surface area (Å²) in [5.41, 5.74) is 2.56. The van der Waals surface area contributed by atoms with Crippen LogP contribution in [0, 0.1) is 6.92 Å². The van der Waals surface area contributed by atoms with Gasteiger partial charge in [-0.2, -0.15) is 0 Å². The van der Waals surface area contributed by atoms with E-state index in [2.05, 4.69) is 15.0 Å². The molecule has 7 nitrogen and oxygen atoms in total. The summed E-state index contributed by atoms with van der Waals surface area (Å²) in [6, 6.07) is 3.18. The van der Waals surface area contributed by atoms with E-state index in [4.69, 9.17) is 0 Å². The van der Waals surface area contributed by atoms with Crippen molar-refractivity contribution in [2.75, 3.05) is 7.05 Å². The zero-order valence-corrected chi connectivity index (χ0v) is 15.6. The van der Waals surface area contributed by atoms with Crippen LogP contribution in [-0.2, 0) is 23.0 Å². The van der Waals surface area contributed by atoms with Gasteiger partial charge in [-0.05, 0) is 44.5 Å². The molecule has 0 fully saturated rings. The third-order valence-electron chi connectivity index (χ3n) is 4.26. The van der Waals surface area contributed by atoms with Gasteiger partial charge in [0.2, 0.25) is 10.0 Å². The number of hydrogen-bond donors (Lipinski definition) is 3. The fourth-order valence-electron chi connectivity index (χ4n) is 2.96. The molecule has 0 saturated carbocycles. The predicted molar refractivity (Wildman–Crippen MR) is 94.5 cm³/mol. The van der Waals surface area contributed by atoms with E-state index < -0.39 is 10.0 Å². The number of amides is 1. The van der Waals surface area contributed by atoms with E-state index in [1.54, 1.807) is 13.0 Å². The number of ketones is 1. The molecular weight excluding hydrogens is 362 g/mol. The lowest BCUT2D eigenvalue weighted by Crippen LogP contribution is -2.23. The smallest absolute Gasteiger partial charge is 0.268 e. The fraction of sp³-hybridized carbons (Fsp3) is 0.375. The Morgan fingerprint density at radius 1 is 1.32 bits per heavy atom. The molecule has 1 amide bonds. The van der Waals surface area contributed by atoms with Crippen LogP contribution >= 0.6 is 11.3 Å². The Hall–Kier alpha value is -1.97. The average molecular weight is 381 g/mol. The topological polar surface area (TPSA) is 108 Å². The first kappa shape index (κ1) is 17.8. The number of carbonyl (C=O) groups is 2. The molecule has 3 rings (SSSR count). The summed E-state index contributed by atoms with van der Waals surface area (Å²) in [5, 5.41) is 2.78. The molecule has 0 bridgehead atoms. The Kier molecular flexibility index (Phi) is 4.81. The van der Waals surface area contributed by atoms with E-state index in [1.807, 2.05) is 0 Å². The van der Waals surface area contributed by atoms with Crippen molar-refractivity contribution in [1.82, 2.24) is 15.0 Å². The number of Topliss-reactive ketones (excluding diaryl/α,β-unsaturated/α-hetero) is 1. The van der Waals surface area contributed by atoms with E-state index in [9.17, 15) is 18.0 Å². The quantitative estimate of drug-likeness (QED) is 0.733. The lowest BCUT2D eigenvalue weighted by molar-refractivity contribution is 0.0945. The van der Waals surface area contributed by atoms with Gasteiger partial charge in [0.1, 0.15) is 9.90 Å². The second kappa shape index (κ2) is 6.74. The first-order valence-corrected chi connectivity index (χ1v) is 10.2. The van der Waals surface area contributed by atoms with Crippen molar-refractivity contribution in [3.8, 4) is 0 Å². The molecule has 0 unspecified atom stereocenters. The first-order valence-electron chi connectivity index (χ1n) is 7.88. The van der Waals surface area contributed by atoms with Crippen molar-refractivity contribution in [3.63, 3.8) is 0 Å². The van der Waals surface area contributed by atoms with Crippen LogP contribution in [0.5, 0.6) is 0 Å². The molecule has 0 aromatic carbocycles. The minimum absolute atomic E-state index is 0.0780. The molecular formula is C16H19N3O4S2. The second-order valence-electron chi connectivity index (χ2n) is 5.87. The monoisotopic (exact) mass is 381 g/mol. The van der Waals surface area contributed by atoms with Gasteiger partial charge >= 0.3 is 0 Å². The van der Waals surface area contributed by atoms with Gasteiger partial charge in [0.15, 0.2) is 5.78 Å². The Balaban J connectivity index is 1.73. The van der Waals surface area contributed by atoms with Crippen molar-refractivity contribution < 1.29 is 18.0 Å². The number of fused-ring (bicyclic) bond motifs is 1. The maximum Gasteiger partial charge on any atom is 0.268 e. The van der Waals surface area contributed by atoms with Crippen molar-refractivity contribution in [3.05, 3.63) is 39.5 Å². The molecule has 2 aromatic heterocycles. The Labute approximate surface area is 149 Å². The molecule has 134 valence electrons. The van der Waals surface area contributed by atoms with Crippen LogP contribution in [0.3, 0.4) is 0 Å². The molecule has 25 heavy (non-hydrogen) atoms. The Morgan fingerprint density at radius 3 is 2.76 bits per heavy atom. The highest BCUT2D eigenvalue weighted by molar-refractivity contribution is 7.91. The van der Waals surface area contributed by atoms with Crippen LogP contribution in [0.25, 0.3) is 0 Å². The summed E-state index contributed by atoms with van der Waals surface area (Å²) >= 11 is 1.10. The highest BCUT2D eigenvalue weighted by Gasteiger charge is 2.26. The third kappa shape index (κ3) is 3.39. The maximum absolute atomic E-state index is 12.4. The maximum atomic E-state index is 12.4. The lowest BCUT2D eigenvalue weighted by Gasteiger charge is -2.09. The highest BCUT2D eigenvalue weighted by Crippen LogP contribution is 2.26. The molecule has 0 spiro atoms. The van der Waals surface area contributed by atoms with E-state index in [1.165, 1.54) is 13.1 Å². The molecule has 0 aliphatic heterocycles. The van der Waals surface area contributed by atoms with Crippen LogP contribution in [0.1, 0.15) is 49.8 Å². The van der Waals surface area contributed by atoms with Crippen LogP contribution in [0.15, 0.2) is 16.3 Å². The van der Waals surface area contributed by atoms with E-state index in [0.717, 1.165) is 34.7 Å². The average Bonchev–Trinajstić information content (AvgIpc) is 3.19. The van der Waals surface area contributed by atoms with Crippen molar-refractivity contribution in [2.24, 2.45) is 0 Å². The number of carbonyl (C=O) groups excluding carboxylic acids is 2. The van der Waals surface area contributed by atoms with E-state index in [-0.39, 0.29) is 22.4 Å². The predicted octanol–water partition coefficient (Wildman–Crippen LogP) is 1.74. The van der Waals surface area contributed by atoms with Gasteiger partial charge in [-0.3, -0.25) is 9.59 Å². The molecule has 1 aliphatic rings. The molecule has 3 N–H and O–H groups in total. The van der Waals surface area contributed by atoms with E-state index in [0.29, 0.717) is 23.2 Å². The standard InChI is InChI=1S/C16H19N3O4S2/c1-9-14-11(4-3-5-12(14)20)19-15(9)16(21)18-8-10-6-7-13(24-10)25(22,23)17-2/h6-7,17,19H,3-5,8H2,1-2H3,(H,18,21). The first-order chi connectivity index (χ1) is 11.8. The number of thiophene rings is 1. The summed E-state index contributed by atoms with van der Waals surface area (Å²) < 4.78 is 25.9. The summed E-state index contributed by atoms with van der Waals surface area (Å²) in [5.74, 6) is -0.222. The van der Waals surface area contributed by atoms with Gasteiger partial charge in [0.25, 0.3) is 5.91 Å². The molecule has 2 heterocycles. The van der Waals surface area contributed by atoms with Crippen molar-refractivity contribution in [2.45, 2.75) is 36.9 Å². The van der Waals surface area contributed by atoms with Gasteiger partial charge in [0, 0.05) is 22.6 Å². The molecule has 1 aliphatic carbocycles. The van der Waals surface area contributed by atoms with Gasteiger partial charge in [-0.15, -0.1) is 11.3 Å². The van der Waals surface area contributed by atoms with Gasteiger partial charge in [0.05, 0.1) is 6.54 Å².